The van der Waals surface area contributed by atoms with Crippen LogP contribution < -0.4 is 20.8 Å². The summed E-state index contributed by atoms with van der Waals surface area (Å²) in [5.41, 5.74) is 3.39. The maximum absolute atomic E-state index is 11.5. The minimum atomic E-state index is -1.30. The van der Waals surface area contributed by atoms with Crippen molar-refractivity contribution < 1.29 is 47.1 Å². The zero-order valence-electron chi connectivity index (χ0n) is 22.9. The van der Waals surface area contributed by atoms with E-state index in [1.807, 2.05) is 13.8 Å². The number of carbonyl (C=O) groups excluding carboxylic acids is 2. The Morgan fingerprint density at radius 1 is 0.795 bits per heavy atom. The Bertz CT molecular complexity index is 1020. The van der Waals surface area contributed by atoms with Gasteiger partial charge >= 0.3 is 17.1 Å². The summed E-state index contributed by atoms with van der Waals surface area (Å²) >= 11 is 0. The molecule has 0 atom stereocenters. The van der Waals surface area contributed by atoms with Gasteiger partial charge in [0.25, 0.3) is 0 Å². The number of carboxylic acids is 2. The van der Waals surface area contributed by atoms with E-state index in [9.17, 15) is 30.0 Å². The number of pyridine rings is 2. The number of nitrogens with one attached hydrogen (secondary N) is 2. The second kappa shape index (κ2) is 17.0. The topological polar surface area (TPSA) is 177 Å². The molecule has 0 aliphatic rings. The molecule has 4 N–H and O–H groups in total. The molecular weight excluding hydrogens is 547 g/mol. The van der Waals surface area contributed by atoms with Crippen LogP contribution in [0.4, 0.5) is 0 Å². The Kier molecular flexibility index (Phi) is 14.9. The molecule has 39 heavy (non-hydrogen) atoms. The number of aromatic hydroxyl groups is 2. The van der Waals surface area contributed by atoms with Gasteiger partial charge in [-0.05, 0) is 38.1 Å². The number of hydrogen-bond acceptors (Lipinski definition) is 12. The van der Waals surface area contributed by atoms with Crippen LogP contribution in [-0.4, -0.2) is 81.2 Å². The fourth-order valence-corrected chi connectivity index (χ4v) is 4.07. The van der Waals surface area contributed by atoms with Crippen molar-refractivity contribution in [2.45, 2.75) is 53.9 Å². The number of rotatable bonds is 17. The van der Waals surface area contributed by atoms with Crippen molar-refractivity contribution in [3.8, 4) is 11.5 Å². The van der Waals surface area contributed by atoms with E-state index >= 15 is 0 Å². The average molecular weight is 586 g/mol. The third-order valence-electron chi connectivity index (χ3n) is 6.19. The van der Waals surface area contributed by atoms with Crippen molar-refractivity contribution in [1.29, 1.82) is 0 Å². The molecule has 13 heteroatoms. The third-order valence-corrected chi connectivity index (χ3v) is 6.19. The largest absolute Gasteiger partial charge is 2.00 e. The second-order valence-corrected chi connectivity index (χ2v) is 9.12. The molecule has 2 rings (SSSR count). The molecule has 0 bridgehead atoms. The van der Waals surface area contributed by atoms with Crippen molar-refractivity contribution in [2.75, 3.05) is 39.3 Å². The summed E-state index contributed by atoms with van der Waals surface area (Å²) in [6.45, 7) is 9.13. The SMILES string of the molecule is CCNCc1cnc(C)c(O)c1CN(CCN(CC(=O)[O-])Cc1c(CNCC)cnc(C)c1O)CC(=O)[O-].[Mn+2]. The van der Waals surface area contributed by atoms with Crippen LogP contribution in [0.25, 0.3) is 0 Å². The van der Waals surface area contributed by atoms with E-state index in [0.29, 0.717) is 48.7 Å². The molecule has 215 valence electrons. The first-order valence-corrected chi connectivity index (χ1v) is 12.7. The molecule has 12 nitrogen and oxygen atoms in total. The first-order chi connectivity index (χ1) is 18.1. The molecule has 0 spiro atoms. The molecule has 0 aromatic carbocycles. The van der Waals surface area contributed by atoms with E-state index in [1.165, 1.54) is 0 Å². The van der Waals surface area contributed by atoms with Gasteiger partial charge < -0.3 is 40.6 Å². The Balaban J connectivity index is 0.00000760. The van der Waals surface area contributed by atoms with Gasteiger partial charge in [-0.2, -0.15) is 0 Å². The predicted molar refractivity (Wildman–Crippen MR) is 137 cm³/mol. The van der Waals surface area contributed by atoms with Gasteiger partial charge in [0.15, 0.2) is 0 Å². The maximum atomic E-state index is 11.5. The number of aromatic nitrogens is 2. The van der Waals surface area contributed by atoms with Gasteiger partial charge in [0.05, 0.1) is 23.3 Å². The molecule has 2 heterocycles. The molecule has 2 aromatic rings. The van der Waals surface area contributed by atoms with Crippen LogP contribution >= 0.6 is 0 Å². The quantitative estimate of drug-likeness (QED) is 0.159. The molecular formula is C26H38MnN6O6. The second-order valence-electron chi connectivity index (χ2n) is 9.12. The molecule has 0 aliphatic heterocycles. The smallest absolute Gasteiger partial charge is 0.549 e. The first-order valence-electron chi connectivity index (χ1n) is 12.7. The summed E-state index contributed by atoms with van der Waals surface area (Å²) in [5.74, 6) is -2.63. The summed E-state index contributed by atoms with van der Waals surface area (Å²) in [4.78, 5) is 34.6. The van der Waals surface area contributed by atoms with Crippen LogP contribution in [0.1, 0.15) is 47.5 Å². The maximum Gasteiger partial charge on any atom is 2.00 e. The van der Waals surface area contributed by atoms with E-state index < -0.39 is 25.0 Å². The van der Waals surface area contributed by atoms with Crippen molar-refractivity contribution in [3.05, 3.63) is 46.0 Å². The Labute approximate surface area is 239 Å². The fraction of sp³-hybridized carbons (Fsp3) is 0.538. The number of carboxylic acid groups (broad SMARTS) is 2. The molecule has 0 unspecified atom stereocenters. The van der Waals surface area contributed by atoms with Crippen LogP contribution in [0.15, 0.2) is 12.4 Å². The van der Waals surface area contributed by atoms with Crippen LogP contribution in [0.3, 0.4) is 0 Å². The normalized spacial score (nSPS) is 11.1. The Morgan fingerprint density at radius 2 is 1.15 bits per heavy atom. The zero-order valence-corrected chi connectivity index (χ0v) is 24.1. The minimum absolute atomic E-state index is 0. The van der Waals surface area contributed by atoms with Crippen LogP contribution in [0.5, 0.6) is 11.5 Å². The van der Waals surface area contributed by atoms with Crippen LogP contribution in [-0.2, 0) is 52.8 Å². The average Bonchev–Trinajstić information content (AvgIpc) is 2.86. The van der Waals surface area contributed by atoms with E-state index in [4.69, 9.17) is 0 Å². The monoisotopic (exact) mass is 585 g/mol. The number of hydrogen-bond donors (Lipinski definition) is 4. The molecule has 0 aliphatic carbocycles. The third kappa shape index (κ3) is 10.7. The van der Waals surface area contributed by atoms with Gasteiger partial charge in [-0.15, -0.1) is 0 Å². The summed E-state index contributed by atoms with van der Waals surface area (Å²) in [7, 11) is 0. The molecule has 0 saturated heterocycles. The minimum Gasteiger partial charge on any atom is -0.549 e. The van der Waals surface area contributed by atoms with Gasteiger partial charge in [-0.3, -0.25) is 19.8 Å². The van der Waals surface area contributed by atoms with Crippen LogP contribution in [0.2, 0.25) is 0 Å². The van der Waals surface area contributed by atoms with E-state index in [-0.39, 0.29) is 54.7 Å². The van der Waals surface area contributed by atoms with E-state index in [1.54, 1.807) is 36.0 Å². The Morgan fingerprint density at radius 3 is 1.46 bits per heavy atom. The molecule has 0 fully saturated rings. The standard InChI is InChI=1S/C26H40N6O6.Mn/c1-5-27-9-19-11-29-17(3)25(37)21(19)13-31(15-23(33)34)7-8-32(16-24(35)36)14-22-20(10-28-6-2)12-30-18(4)26(22)38;/h11-12,27-28,37-38H,5-10,13-16H2,1-4H3,(H,33,34)(H,35,36);/q;+2/p-2. The molecule has 2 aromatic heterocycles. The molecule has 0 saturated carbocycles. The first kappa shape index (κ1) is 34.2. The zero-order chi connectivity index (χ0) is 28.2. The number of aryl methyl sites for hydroxylation is 2. The Hall–Kier alpha value is -2.80. The summed E-state index contributed by atoms with van der Waals surface area (Å²) < 4.78 is 0. The van der Waals surface area contributed by atoms with Crippen molar-refractivity contribution in [2.24, 2.45) is 0 Å². The summed E-state index contributed by atoms with van der Waals surface area (Å²) in [6, 6.07) is 0. The van der Waals surface area contributed by atoms with Crippen LogP contribution in [0, 0.1) is 13.8 Å². The van der Waals surface area contributed by atoms with Gasteiger partial charge in [-0.25, -0.2) is 0 Å². The molecule has 1 radical (unpaired) electrons. The fourth-order valence-electron chi connectivity index (χ4n) is 4.07. The van der Waals surface area contributed by atoms with Gasteiger partial charge in [0, 0.05) is 75.9 Å². The number of nitrogens with zero attached hydrogens (tertiary/aromatic N) is 4. The van der Waals surface area contributed by atoms with Crippen molar-refractivity contribution >= 4 is 11.9 Å². The number of aliphatic carboxylic acids is 2. The van der Waals surface area contributed by atoms with E-state index in [0.717, 1.165) is 11.1 Å². The van der Waals surface area contributed by atoms with E-state index in [2.05, 4.69) is 20.6 Å². The van der Waals surface area contributed by atoms with Gasteiger partial charge in [0.2, 0.25) is 0 Å². The summed E-state index contributed by atoms with van der Waals surface area (Å²) in [5, 5.41) is 50.8. The predicted octanol–water partition coefficient (Wildman–Crippen LogP) is -1.47. The van der Waals surface area contributed by atoms with Crippen molar-refractivity contribution in [1.82, 2.24) is 30.4 Å². The van der Waals surface area contributed by atoms with Crippen molar-refractivity contribution in [3.63, 3.8) is 0 Å². The van der Waals surface area contributed by atoms with Gasteiger partial charge in [-0.1, -0.05) is 13.8 Å². The number of carbonyl (C=O) groups is 2. The molecule has 0 amide bonds. The van der Waals surface area contributed by atoms with Gasteiger partial charge in [0.1, 0.15) is 11.5 Å². The summed E-state index contributed by atoms with van der Waals surface area (Å²) in [6.07, 6.45) is 3.29.